The summed E-state index contributed by atoms with van der Waals surface area (Å²) in [5.41, 5.74) is 3.94. The number of hydrogen-bond donors (Lipinski definition) is 1. The highest BCUT2D eigenvalue weighted by Crippen LogP contribution is 2.39. The van der Waals surface area contributed by atoms with E-state index in [1.54, 1.807) is 11.3 Å². The van der Waals surface area contributed by atoms with Gasteiger partial charge in [0.15, 0.2) is 6.61 Å². The quantitative estimate of drug-likeness (QED) is 0.827. The molecular weight excluding hydrogens is 344 g/mol. The third kappa shape index (κ3) is 3.91. The Morgan fingerprint density at radius 3 is 2.92 bits per heavy atom. The number of carbonyl (C=O) groups is 1. The average molecular weight is 369 g/mol. The van der Waals surface area contributed by atoms with Crippen molar-refractivity contribution in [2.24, 2.45) is 5.92 Å². The summed E-state index contributed by atoms with van der Waals surface area (Å²) in [4.78, 5) is 13.6. The van der Waals surface area contributed by atoms with Crippen LogP contribution in [0.25, 0.3) is 0 Å². The number of thiophene rings is 1. The van der Waals surface area contributed by atoms with Crippen molar-refractivity contribution in [2.45, 2.75) is 46.5 Å². The molecule has 1 aliphatic carbocycles. The van der Waals surface area contributed by atoms with Crippen molar-refractivity contribution >= 4 is 22.2 Å². The molecule has 26 heavy (non-hydrogen) atoms. The van der Waals surface area contributed by atoms with Crippen LogP contribution >= 0.6 is 11.3 Å². The van der Waals surface area contributed by atoms with Gasteiger partial charge in [0.2, 0.25) is 0 Å². The third-order valence-electron chi connectivity index (χ3n) is 5.00. The summed E-state index contributed by atoms with van der Waals surface area (Å²) in [6, 6.07) is 8.16. The van der Waals surface area contributed by atoms with Gasteiger partial charge in [-0.3, -0.25) is 4.79 Å². The zero-order valence-corrected chi connectivity index (χ0v) is 16.3. The smallest absolute Gasteiger partial charge is 0.262 e. The maximum atomic E-state index is 12.3. The summed E-state index contributed by atoms with van der Waals surface area (Å²) in [6.07, 6.45) is 4.23. The van der Waals surface area contributed by atoms with Gasteiger partial charge < -0.3 is 10.1 Å². The van der Waals surface area contributed by atoms with Crippen molar-refractivity contribution in [3.8, 4) is 11.8 Å². The fraction of sp³-hybridized carbons (Fsp3) is 0.429. The van der Waals surface area contributed by atoms with E-state index in [-0.39, 0.29) is 12.5 Å². The summed E-state index contributed by atoms with van der Waals surface area (Å²) < 4.78 is 5.65. The SMILES string of the molecule is CC[C@@H]1CCc2c(sc(NC(=O)COc3ccc(C)cc3C)c2C#N)C1. The second kappa shape index (κ2) is 7.92. The van der Waals surface area contributed by atoms with E-state index in [2.05, 4.69) is 18.3 Å². The maximum absolute atomic E-state index is 12.3. The molecule has 1 heterocycles. The predicted octanol–water partition coefficient (Wildman–Crippen LogP) is 4.77. The molecule has 4 nitrogen and oxygen atoms in total. The zero-order valence-electron chi connectivity index (χ0n) is 15.5. The Bertz CT molecular complexity index is 864. The Hall–Kier alpha value is -2.32. The maximum Gasteiger partial charge on any atom is 0.262 e. The molecule has 0 saturated heterocycles. The second-order valence-electron chi connectivity index (χ2n) is 6.94. The number of carbonyl (C=O) groups excluding carboxylic acids is 1. The number of hydrogen-bond acceptors (Lipinski definition) is 4. The minimum absolute atomic E-state index is 0.0606. The second-order valence-corrected chi connectivity index (χ2v) is 8.05. The van der Waals surface area contributed by atoms with Gasteiger partial charge in [-0.2, -0.15) is 5.26 Å². The first kappa shape index (κ1) is 18.5. The van der Waals surface area contributed by atoms with E-state index in [1.807, 2.05) is 32.0 Å². The van der Waals surface area contributed by atoms with E-state index in [0.29, 0.717) is 22.2 Å². The Balaban J connectivity index is 1.68. The Morgan fingerprint density at radius 1 is 1.42 bits per heavy atom. The summed E-state index contributed by atoms with van der Waals surface area (Å²) >= 11 is 1.55. The summed E-state index contributed by atoms with van der Waals surface area (Å²) in [5.74, 6) is 1.17. The van der Waals surface area contributed by atoms with Crippen LogP contribution in [-0.2, 0) is 17.6 Å². The zero-order chi connectivity index (χ0) is 18.7. The minimum Gasteiger partial charge on any atom is -0.483 e. The fourth-order valence-electron chi connectivity index (χ4n) is 3.48. The molecule has 136 valence electrons. The lowest BCUT2D eigenvalue weighted by Gasteiger charge is -2.20. The van der Waals surface area contributed by atoms with Gasteiger partial charge in [-0.15, -0.1) is 11.3 Å². The molecule has 5 heteroatoms. The van der Waals surface area contributed by atoms with Gasteiger partial charge in [0, 0.05) is 4.88 Å². The molecule has 0 aliphatic heterocycles. The molecule has 0 unspecified atom stereocenters. The van der Waals surface area contributed by atoms with Gasteiger partial charge in [-0.05, 0) is 56.2 Å². The van der Waals surface area contributed by atoms with Gasteiger partial charge >= 0.3 is 0 Å². The first-order valence-corrected chi connectivity index (χ1v) is 9.88. The highest BCUT2D eigenvalue weighted by Gasteiger charge is 2.25. The number of rotatable bonds is 5. The van der Waals surface area contributed by atoms with Crippen LogP contribution in [0.1, 0.15) is 46.9 Å². The summed E-state index contributed by atoms with van der Waals surface area (Å²) in [5, 5.41) is 13.1. The van der Waals surface area contributed by atoms with Gasteiger partial charge in [-0.25, -0.2) is 0 Å². The monoisotopic (exact) mass is 368 g/mol. The molecule has 3 rings (SSSR count). The van der Waals surface area contributed by atoms with Crippen molar-refractivity contribution in [3.63, 3.8) is 0 Å². The summed E-state index contributed by atoms with van der Waals surface area (Å²) in [7, 11) is 0. The number of amides is 1. The molecule has 1 aromatic heterocycles. The van der Waals surface area contributed by atoms with E-state index >= 15 is 0 Å². The van der Waals surface area contributed by atoms with E-state index in [4.69, 9.17) is 4.74 Å². The fourth-order valence-corrected chi connectivity index (χ4v) is 4.80. The molecule has 1 atom stereocenters. The van der Waals surface area contributed by atoms with Crippen molar-refractivity contribution in [1.82, 2.24) is 0 Å². The topological polar surface area (TPSA) is 62.1 Å². The number of nitriles is 1. The number of fused-ring (bicyclic) bond motifs is 1. The van der Waals surface area contributed by atoms with Gasteiger partial charge in [0.05, 0.1) is 5.56 Å². The lowest BCUT2D eigenvalue weighted by atomic mass is 9.86. The predicted molar refractivity (Wildman–Crippen MR) is 105 cm³/mol. The van der Waals surface area contributed by atoms with E-state index in [9.17, 15) is 10.1 Å². The molecule has 2 aromatic rings. The number of nitrogens with zero attached hydrogens (tertiary/aromatic N) is 1. The molecule has 1 aromatic carbocycles. The Labute approximate surface area is 158 Å². The van der Waals surface area contributed by atoms with Crippen LogP contribution in [0.4, 0.5) is 5.00 Å². The van der Waals surface area contributed by atoms with Crippen molar-refractivity contribution in [3.05, 3.63) is 45.3 Å². The number of benzene rings is 1. The highest BCUT2D eigenvalue weighted by atomic mass is 32.1. The minimum atomic E-state index is -0.230. The molecule has 0 fully saturated rings. The summed E-state index contributed by atoms with van der Waals surface area (Å²) in [6.45, 7) is 6.14. The lowest BCUT2D eigenvalue weighted by molar-refractivity contribution is -0.118. The lowest BCUT2D eigenvalue weighted by Crippen LogP contribution is -2.20. The van der Waals surface area contributed by atoms with E-state index in [0.717, 1.165) is 42.4 Å². The van der Waals surface area contributed by atoms with Gasteiger partial charge in [-0.1, -0.05) is 31.0 Å². The standard InChI is InChI=1S/C21H24N2O2S/c1-4-15-6-7-16-17(11-22)21(26-19(16)10-15)23-20(24)12-25-18-8-5-13(2)9-14(18)3/h5,8-9,15H,4,6-7,10,12H2,1-3H3,(H,23,24)/t15-/m1/s1. The van der Waals surface area contributed by atoms with Crippen LogP contribution in [0.5, 0.6) is 5.75 Å². The Kier molecular flexibility index (Phi) is 5.63. The van der Waals surface area contributed by atoms with Crippen LogP contribution < -0.4 is 10.1 Å². The molecule has 0 bridgehead atoms. The first-order valence-electron chi connectivity index (χ1n) is 9.06. The third-order valence-corrected chi connectivity index (χ3v) is 6.17. The number of nitrogens with one attached hydrogen (secondary N) is 1. The van der Waals surface area contributed by atoms with Gasteiger partial charge in [0.1, 0.15) is 16.8 Å². The molecule has 1 amide bonds. The van der Waals surface area contributed by atoms with Crippen LogP contribution in [0, 0.1) is 31.1 Å². The first-order chi connectivity index (χ1) is 12.5. The molecule has 0 spiro atoms. The van der Waals surface area contributed by atoms with Crippen molar-refractivity contribution < 1.29 is 9.53 Å². The van der Waals surface area contributed by atoms with E-state index in [1.165, 1.54) is 4.88 Å². The van der Waals surface area contributed by atoms with Crippen LogP contribution in [0.15, 0.2) is 18.2 Å². The molecule has 0 radical (unpaired) electrons. The highest BCUT2D eigenvalue weighted by molar-refractivity contribution is 7.16. The normalized spacial score (nSPS) is 15.8. The van der Waals surface area contributed by atoms with Crippen LogP contribution in [0.3, 0.4) is 0 Å². The van der Waals surface area contributed by atoms with E-state index < -0.39 is 0 Å². The molecule has 1 N–H and O–H groups in total. The van der Waals surface area contributed by atoms with Crippen molar-refractivity contribution in [2.75, 3.05) is 11.9 Å². The molecule has 1 aliphatic rings. The van der Waals surface area contributed by atoms with Crippen molar-refractivity contribution in [1.29, 1.82) is 5.26 Å². The Morgan fingerprint density at radius 2 is 2.23 bits per heavy atom. The van der Waals surface area contributed by atoms with Crippen LogP contribution in [0.2, 0.25) is 0 Å². The largest absolute Gasteiger partial charge is 0.483 e. The number of aryl methyl sites for hydroxylation is 2. The molecular formula is C21H24N2O2S. The van der Waals surface area contributed by atoms with Gasteiger partial charge in [0.25, 0.3) is 5.91 Å². The van der Waals surface area contributed by atoms with Crippen LogP contribution in [-0.4, -0.2) is 12.5 Å². The number of ether oxygens (including phenoxy) is 1. The molecule has 0 saturated carbocycles. The number of anilines is 1. The average Bonchev–Trinajstić information content (AvgIpc) is 2.96.